The molecular formula is C15H27NO2. The molecule has 2 heterocycles. The van der Waals surface area contributed by atoms with Crippen LogP contribution in [0.1, 0.15) is 46.0 Å². The number of Topliss-reactive ketones (excluding diaryl/α,β-unsaturated/α-hetero) is 1. The Morgan fingerprint density at radius 3 is 2.61 bits per heavy atom. The molecule has 0 aliphatic carbocycles. The predicted octanol–water partition coefficient (Wildman–Crippen LogP) is 2.40. The Hall–Kier alpha value is -0.410. The molecule has 1 N–H and O–H groups in total. The standard InChI is InChI=1S/C15H27NO2/c1-15(2,13-4-3-7-16-11-13)14(17)10-12-5-8-18-9-6-12/h12-13,16H,3-11H2,1-2H3. The third-order valence-electron chi connectivity index (χ3n) is 4.85. The second-order valence-electron chi connectivity index (χ2n) is 6.45. The number of nitrogens with one attached hydrogen (secondary N) is 1. The molecule has 1 unspecified atom stereocenters. The van der Waals surface area contributed by atoms with E-state index in [9.17, 15) is 4.79 Å². The van der Waals surface area contributed by atoms with Gasteiger partial charge in [-0.25, -0.2) is 0 Å². The molecule has 0 aromatic carbocycles. The fraction of sp³-hybridized carbons (Fsp3) is 0.933. The number of hydrogen-bond donors (Lipinski definition) is 1. The first kappa shape index (κ1) is 14.0. The van der Waals surface area contributed by atoms with E-state index in [1.807, 2.05) is 0 Å². The summed E-state index contributed by atoms with van der Waals surface area (Å²) in [6, 6.07) is 0. The van der Waals surface area contributed by atoms with Crippen molar-refractivity contribution in [2.24, 2.45) is 17.3 Å². The minimum atomic E-state index is -0.161. The second kappa shape index (κ2) is 6.16. The number of ketones is 1. The zero-order valence-electron chi connectivity index (χ0n) is 11.8. The molecule has 2 aliphatic heterocycles. The topological polar surface area (TPSA) is 38.3 Å². The minimum Gasteiger partial charge on any atom is -0.381 e. The van der Waals surface area contributed by atoms with Crippen molar-refractivity contribution in [3.05, 3.63) is 0 Å². The number of hydrogen-bond acceptors (Lipinski definition) is 3. The molecule has 3 nitrogen and oxygen atoms in total. The van der Waals surface area contributed by atoms with Gasteiger partial charge in [-0.05, 0) is 50.6 Å². The summed E-state index contributed by atoms with van der Waals surface area (Å²) in [6.07, 6.45) is 5.28. The van der Waals surface area contributed by atoms with Gasteiger partial charge >= 0.3 is 0 Å². The molecule has 0 saturated carbocycles. The van der Waals surface area contributed by atoms with Crippen LogP contribution in [0.15, 0.2) is 0 Å². The van der Waals surface area contributed by atoms with Crippen LogP contribution in [-0.2, 0) is 9.53 Å². The fourth-order valence-electron chi connectivity index (χ4n) is 3.17. The lowest BCUT2D eigenvalue weighted by Gasteiger charge is -2.37. The fourth-order valence-corrected chi connectivity index (χ4v) is 3.17. The molecule has 2 aliphatic rings. The number of carbonyl (C=O) groups is 1. The van der Waals surface area contributed by atoms with Gasteiger partial charge in [0.15, 0.2) is 0 Å². The van der Waals surface area contributed by atoms with Gasteiger partial charge in [-0.2, -0.15) is 0 Å². The average Bonchev–Trinajstić information content (AvgIpc) is 2.41. The Kier molecular flexibility index (Phi) is 4.79. The Labute approximate surface area is 111 Å². The van der Waals surface area contributed by atoms with E-state index in [4.69, 9.17) is 4.74 Å². The van der Waals surface area contributed by atoms with Gasteiger partial charge in [0.05, 0.1) is 0 Å². The van der Waals surface area contributed by atoms with E-state index in [-0.39, 0.29) is 5.41 Å². The third kappa shape index (κ3) is 3.33. The van der Waals surface area contributed by atoms with Gasteiger partial charge < -0.3 is 10.1 Å². The lowest BCUT2D eigenvalue weighted by Crippen LogP contribution is -2.43. The first-order valence-corrected chi connectivity index (χ1v) is 7.42. The summed E-state index contributed by atoms with van der Waals surface area (Å²) < 4.78 is 5.36. The van der Waals surface area contributed by atoms with Crippen molar-refractivity contribution < 1.29 is 9.53 Å². The van der Waals surface area contributed by atoms with Crippen molar-refractivity contribution in [1.29, 1.82) is 0 Å². The molecule has 104 valence electrons. The van der Waals surface area contributed by atoms with E-state index in [0.717, 1.165) is 45.6 Å². The molecule has 0 aromatic heterocycles. The third-order valence-corrected chi connectivity index (χ3v) is 4.85. The Morgan fingerprint density at radius 1 is 1.28 bits per heavy atom. The van der Waals surface area contributed by atoms with Crippen LogP contribution < -0.4 is 5.32 Å². The summed E-state index contributed by atoms with van der Waals surface area (Å²) in [5.74, 6) is 1.53. The first-order valence-electron chi connectivity index (χ1n) is 7.42. The quantitative estimate of drug-likeness (QED) is 0.836. The van der Waals surface area contributed by atoms with Crippen LogP contribution in [0, 0.1) is 17.3 Å². The highest BCUT2D eigenvalue weighted by Crippen LogP contribution is 2.35. The lowest BCUT2D eigenvalue weighted by atomic mass is 9.70. The summed E-state index contributed by atoms with van der Waals surface area (Å²) >= 11 is 0. The molecule has 0 bridgehead atoms. The molecule has 2 rings (SSSR count). The van der Waals surface area contributed by atoms with Crippen LogP contribution in [0.5, 0.6) is 0 Å². The molecule has 0 spiro atoms. The van der Waals surface area contributed by atoms with Gasteiger partial charge in [-0.3, -0.25) is 4.79 Å². The van der Waals surface area contributed by atoms with Crippen molar-refractivity contribution in [3.63, 3.8) is 0 Å². The SMILES string of the molecule is CC(C)(C(=O)CC1CCOCC1)C1CCCNC1. The summed E-state index contributed by atoms with van der Waals surface area (Å²) in [6.45, 7) is 8.08. The molecule has 3 heteroatoms. The smallest absolute Gasteiger partial charge is 0.139 e. The van der Waals surface area contributed by atoms with Gasteiger partial charge in [0.1, 0.15) is 5.78 Å². The normalized spacial score (nSPS) is 27.1. The van der Waals surface area contributed by atoms with E-state index >= 15 is 0 Å². The maximum Gasteiger partial charge on any atom is 0.139 e. The predicted molar refractivity (Wildman–Crippen MR) is 72.5 cm³/mol. The van der Waals surface area contributed by atoms with Gasteiger partial charge in [0.2, 0.25) is 0 Å². The van der Waals surface area contributed by atoms with Crippen molar-refractivity contribution in [2.75, 3.05) is 26.3 Å². The zero-order chi connectivity index (χ0) is 13.0. The van der Waals surface area contributed by atoms with Gasteiger partial charge in [-0.1, -0.05) is 13.8 Å². The van der Waals surface area contributed by atoms with Crippen LogP contribution in [-0.4, -0.2) is 32.1 Å². The highest BCUT2D eigenvalue weighted by Gasteiger charge is 2.37. The first-order chi connectivity index (χ1) is 8.60. The average molecular weight is 253 g/mol. The Morgan fingerprint density at radius 2 is 2.00 bits per heavy atom. The molecule has 0 amide bonds. The van der Waals surface area contributed by atoms with Crippen molar-refractivity contribution in [1.82, 2.24) is 5.32 Å². The molecule has 2 fully saturated rings. The maximum absolute atomic E-state index is 12.6. The second-order valence-corrected chi connectivity index (χ2v) is 6.45. The van der Waals surface area contributed by atoms with Gasteiger partial charge in [-0.15, -0.1) is 0 Å². The van der Waals surface area contributed by atoms with E-state index in [1.54, 1.807) is 0 Å². The van der Waals surface area contributed by atoms with E-state index in [0.29, 0.717) is 17.6 Å². The largest absolute Gasteiger partial charge is 0.381 e. The summed E-state index contributed by atoms with van der Waals surface area (Å²) in [7, 11) is 0. The molecular weight excluding hydrogens is 226 g/mol. The number of rotatable bonds is 4. The summed E-state index contributed by atoms with van der Waals surface area (Å²) in [5, 5.41) is 3.43. The summed E-state index contributed by atoms with van der Waals surface area (Å²) in [5.41, 5.74) is -0.161. The van der Waals surface area contributed by atoms with E-state index in [1.165, 1.54) is 12.8 Å². The molecule has 0 aromatic rings. The summed E-state index contributed by atoms with van der Waals surface area (Å²) in [4.78, 5) is 12.6. The van der Waals surface area contributed by atoms with E-state index in [2.05, 4.69) is 19.2 Å². The monoisotopic (exact) mass is 253 g/mol. The highest BCUT2D eigenvalue weighted by atomic mass is 16.5. The lowest BCUT2D eigenvalue weighted by molar-refractivity contribution is -0.132. The Balaban J connectivity index is 1.88. The Bertz CT molecular complexity index is 276. The molecule has 0 radical (unpaired) electrons. The molecule has 18 heavy (non-hydrogen) atoms. The number of ether oxygens (including phenoxy) is 1. The molecule has 1 atom stereocenters. The van der Waals surface area contributed by atoms with Crippen molar-refractivity contribution >= 4 is 5.78 Å². The van der Waals surface area contributed by atoms with Crippen LogP contribution in [0.25, 0.3) is 0 Å². The van der Waals surface area contributed by atoms with E-state index < -0.39 is 0 Å². The minimum absolute atomic E-state index is 0.161. The van der Waals surface area contributed by atoms with Gasteiger partial charge in [0, 0.05) is 25.0 Å². The van der Waals surface area contributed by atoms with Crippen molar-refractivity contribution in [3.8, 4) is 0 Å². The number of carbonyl (C=O) groups excluding carboxylic acids is 1. The van der Waals surface area contributed by atoms with Crippen LogP contribution in [0.2, 0.25) is 0 Å². The van der Waals surface area contributed by atoms with Crippen LogP contribution in [0.3, 0.4) is 0 Å². The van der Waals surface area contributed by atoms with Crippen LogP contribution >= 0.6 is 0 Å². The number of piperidine rings is 1. The van der Waals surface area contributed by atoms with Gasteiger partial charge in [0.25, 0.3) is 0 Å². The van der Waals surface area contributed by atoms with Crippen LogP contribution in [0.4, 0.5) is 0 Å². The molecule has 2 saturated heterocycles. The van der Waals surface area contributed by atoms with Crippen molar-refractivity contribution in [2.45, 2.75) is 46.0 Å². The maximum atomic E-state index is 12.6. The zero-order valence-corrected chi connectivity index (χ0v) is 11.8. The highest BCUT2D eigenvalue weighted by molar-refractivity contribution is 5.84.